The monoisotopic (exact) mass is 255 g/mol. The zero-order valence-electron chi connectivity index (χ0n) is 11.7. The number of hydrogen-bond acceptors (Lipinski definition) is 2. The van der Waals surface area contributed by atoms with Crippen LogP contribution in [0.5, 0.6) is 0 Å². The van der Waals surface area contributed by atoms with E-state index in [0.29, 0.717) is 5.92 Å². The minimum Gasteiger partial charge on any atom is -0.481 e. The Kier molecular flexibility index (Phi) is 7.33. The van der Waals surface area contributed by atoms with Gasteiger partial charge in [-0.2, -0.15) is 0 Å². The summed E-state index contributed by atoms with van der Waals surface area (Å²) in [4.78, 5) is 10.6. The Morgan fingerprint density at radius 1 is 1.28 bits per heavy atom. The van der Waals surface area contributed by atoms with Crippen molar-refractivity contribution in [3.63, 3.8) is 0 Å². The smallest absolute Gasteiger partial charge is 0.304 e. The van der Waals surface area contributed by atoms with E-state index in [1.807, 2.05) is 0 Å². The maximum Gasteiger partial charge on any atom is 0.304 e. The van der Waals surface area contributed by atoms with E-state index in [2.05, 4.69) is 6.92 Å². The summed E-state index contributed by atoms with van der Waals surface area (Å²) in [5, 5.41) is 8.69. The topological polar surface area (TPSA) is 63.3 Å². The van der Waals surface area contributed by atoms with Gasteiger partial charge in [0, 0.05) is 6.04 Å². The molecule has 0 heterocycles. The van der Waals surface area contributed by atoms with Crippen LogP contribution in [0.1, 0.15) is 71.1 Å². The first-order valence-electron chi connectivity index (χ1n) is 7.57. The molecule has 1 fully saturated rings. The second-order valence-corrected chi connectivity index (χ2v) is 6.03. The highest BCUT2D eigenvalue weighted by atomic mass is 16.4. The molecule has 0 spiro atoms. The zero-order valence-corrected chi connectivity index (χ0v) is 11.7. The van der Waals surface area contributed by atoms with E-state index in [0.717, 1.165) is 12.3 Å². The highest BCUT2D eigenvalue weighted by Crippen LogP contribution is 2.28. The predicted molar refractivity (Wildman–Crippen MR) is 74.4 cm³/mol. The van der Waals surface area contributed by atoms with E-state index < -0.39 is 5.97 Å². The summed E-state index contributed by atoms with van der Waals surface area (Å²) in [5.74, 6) is 0.505. The van der Waals surface area contributed by atoms with Gasteiger partial charge in [0.1, 0.15) is 0 Å². The molecule has 0 saturated heterocycles. The summed E-state index contributed by atoms with van der Waals surface area (Å²) >= 11 is 0. The summed E-state index contributed by atoms with van der Waals surface area (Å²) in [5.41, 5.74) is 5.86. The van der Waals surface area contributed by atoms with Crippen molar-refractivity contribution < 1.29 is 9.90 Å². The first-order valence-corrected chi connectivity index (χ1v) is 7.57. The standard InChI is InChI=1S/C15H29NO2/c1-12(14(16)11-15(17)18)7-5-6-10-13-8-3-2-4-9-13/h12-14H,2-11,16H2,1H3,(H,17,18)/t12-,14+/m0/s1. The number of rotatable bonds is 8. The van der Waals surface area contributed by atoms with Crippen molar-refractivity contribution in [3.05, 3.63) is 0 Å². The molecule has 0 aromatic carbocycles. The summed E-state index contributed by atoms with van der Waals surface area (Å²) in [6.45, 7) is 2.08. The van der Waals surface area contributed by atoms with Gasteiger partial charge in [0.25, 0.3) is 0 Å². The SMILES string of the molecule is C[C@@H](CCCCC1CCCCC1)[C@H](N)CC(=O)O. The van der Waals surface area contributed by atoms with Crippen LogP contribution in [0, 0.1) is 11.8 Å². The van der Waals surface area contributed by atoms with Gasteiger partial charge in [0.05, 0.1) is 6.42 Å². The lowest BCUT2D eigenvalue weighted by atomic mass is 9.85. The lowest BCUT2D eigenvalue weighted by Gasteiger charge is -2.22. The number of carboxylic acids is 1. The van der Waals surface area contributed by atoms with Gasteiger partial charge in [0.2, 0.25) is 0 Å². The van der Waals surface area contributed by atoms with E-state index in [-0.39, 0.29) is 12.5 Å². The lowest BCUT2D eigenvalue weighted by Crippen LogP contribution is -2.30. The largest absolute Gasteiger partial charge is 0.481 e. The van der Waals surface area contributed by atoms with Gasteiger partial charge in [-0.15, -0.1) is 0 Å². The Morgan fingerprint density at radius 3 is 2.56 bits per heavy atom. The molecule has 1 aliphatic carbocycles. The molecule has 0 aromatic heterocycles. The van der Waals surface area contributed by atoms with Crippen LogP contribution >= 0.6 is 0 Å². The van der Waals surface area contributed by atoms with Crippen LogP contribution in [-0.4, -0.2) is 17.1 Å². The Balaban J connectivity index is 2.03. The molecule has 106 valence electrons. The van der Waals surface area contributed by atoms with Crippen molar-refractivity contribution in [3.8, 4) is 0 Å². The molecule has 2 atom stereocenters. The molecule has 1 rings (SSSR count). The highest BCUT2D eigenvalue weighted by Gasteiger charge is 2.16. The molecule has 0 aliphatic heterocycles. The van der Waals surface area contributed by atoms with Crippen LogP contribution < -0.4 is 5.73 Å². The molecular formula is C15H29NO2. The van der Waals surface area contributed by atoms with Gasteiger partial charge in [-0.1, -0.05) is 58.3 Å². The van der Waals surface area contributed by atoms with Gasteiger partial charge >= 0.3 is 5.97 Å². The molecule has 3 N–H and O–H groups in total. The van der Waals surface area contributed by atoms with E-state index in [1.165, 1.54) is 51.4 Å². The van der Waals surface area contributed by atoms with E-state index in [9.17, 15) is 4.79 Å². The fraction of sp³-hybridized carbons (Fsp3) is 0.933. The number of unbranched alkanes of at least 4 members (excludes halogenated alkanes) is 1. The van der Waals surface area contributed by atoms with Gasteiger partial charge in [-0.3, -0.25) is 4.79 Å². The number of nitrogens with two attached hydrogens (primary N) is 1. The average molecular weight is 255 g/mol. The van der Waals surface area contributed by atoms with Crippen molar-refractivity contribution in [2.45, 2.75) is 77.2 Å². The molecule has 1 aliphatic rings. The third-order valence-corrected chi connectivity index (χ3v) is 4.39. The molecule has 1 saturated carbocycles. The van der Waals surface area contributed by atoms with Gasteiger partial charge in [-0.25, -0.2) is 0 Å². The van der Waals surface area contributed by atoms with Crippen molar-refractivity contribution in [1.29, 1.82) is 0 Å². The molecule has 0 aromatic rings. The number of hydrogen-bond donors (Lipinski definition) is 2. The second-order valence-electron chi connectivity index (χ2n) is 6.03. The Morgan fingerprint density at radius 2 is 1.94 bits per heavy atom. The third-order valence-electron chi connectivity index (χ3n) is 4.39. The predicted octanol–water partition coefficient (Wildman–Crippen LogP) is 3.57. The fourth-order valence-corrected chi connectivity index (χ4v) is 2.99. The van der Waals surface area contributed by atoms with E-state index in [1.54, 1.807) is 0 Å². The van der Waals surface area contributed by atoms with Gasteiger partial charge < -0.3 is 10.8 Å². The fourth-order valence-electron chi connectivity index (χ4n) is 2.99. The van der Waals surface area contributed by atoms with Crippen molar-refractivity contribution in [2.24, 2.45) is 17.6 Å². The maximum absolute atomic E-state index is 10.6. The average Bonchev–Trinajstić information content (AvgIpc) is 2.34. The van der Waals surface area contributed by atoms with Crippen LogP contribution in [-0.2, 0) is 4.79 Å². The molecule has 0 unspecified atom stereocenters. The minimum atomic E-state index is -0.781. The van der Waals surface area contributed by atoms with E-state index >= 15 is 0 Å². The third kappa shape index (κ3) is 6.39. The Hall–Kier alpha value is -0.570. The van der Waals surface area contributed by atoms with E-state index in [4.69, 9.17) is 10.8 Å². The summed E-state index contributed by atoms with van der Waals surface area (Å²) in [6, 6.07) is -0.183. The first-order chi connectivity index (χ1) is 8.59. The second kappa shape index (κ2) is 8.52. The summed E-state index contributed by atoms with van der Waals surface area (Å²) in [6.07, 6.45) is 12.1. The summed E-state index contributed by atoms with van der Waals surface area (Å²) < 4.78 is 0. The molecule has 3 nitrogen and oxygen atoms in total. The molecule has 0 bridgehead atoms. The Labute approximate surface area is 111 Å². The van der Waals surface area contributed by atoms with Crippen LogP contribution in [0.3, 0.4) is 0 Å². The van der Waals surface area contributed by atoms with Crippen LogP contribution in [0.4, 0.5) is 0 Å². The quantitative estimate of drug-likeness (QED) is 0.652. The highest BCUT2D eigenvalue weighted by molar-refractivity contribution is 5.67. The van der Waals surface area contributed by atoms with Crippen molar-refractivity contribution >= 4 is 5.97 Å². The maximum atomic E-state index is 10.6. The van der Waals surface area contributed by atoms with Crippen LogP contribution in [0.15, 0.2) is 0 Å². The molecular weight excluding hydrogens is 226 g/mol. The normalized spacial score (nSPS) is 20.6. The molecule has 18 heavy (non-hydrogen) atoms. The minimum absolute atomic E-state index is 0.101. The van der Waals surface area contributed by atoms with Crippen molar-refractivity contribution in [2.75, 3.05) is 0 Å². The summed E-state index contributed by atoms with van der Waals surface area (Å²) in [7, 11) is 0. The molecule has 3 heteroatoms. The number of carboxylic acid groups (broad SMARTS) is 1. The van der Waals surface area contributed by atoms with Crippen LogP contribution in [0.25, 0.3) is 0 Å². The van der Waals surface area contributed by atoms with Crippen LogP contribution in [0.2, 0.25) is 0 Å². The number of carbonyl (C=O) groups is 1. The zero-order chi connectivity index (χ0) is 13.4. The lowest BCUT2D eigenvalue weighted by molar-refractivity contribution is -0.137. The molecule has 0 amide bonds. The van der Waals surface area contributed by atoms with Gasteiger partial charge in [-0.05, 0) is 18.3 Å². The van der Waals surface area contributed by atoms with Gasteiger partial charge in [0.15, 0.2) is 0 Å². The first kappa shape index (κ1) is 15.5. The Bertz CT molecular complexity index is 237. The molecule has 0 radical (unpaired) electrons. The van der Waals surface area contributed by atoms with Crippen molar-refractivity contribution in [1.82, 2.24) is 0 Å². The number of aliphatic carboxylic acids is 1.